The van der Waals surface area contributed by atoms with Crippen molar-refractivity contribution in [3.63, 3.8) is 0 Å². The second kappa shape index (κ2) is 9.35. The van der Waals surface area contributed by atoms with Crippen LogP contribution in [0.2, 0.25) is 0 Å². The zero-order chi connectivity index (χ0) is 21.2. The highest BCUT2D eigenvalue weighted by atomic mass is 16.3. The predicted octanol–water partition coefficient (Wildman–Crippen LogP) is 3.61. The molecule has 2 saturated heterocycles. The standard InChI is InChI=1S/C26H37N3O2/c1-20-5-8-26(31-20)19-29-15-14-28(18-25(29)11-16-30)23-9-12-27(13-10-23)24-7-6-21-3-2-4-22(21)17-24/h5-8,17,23,25,30H,2-4,9-16,18-19H2,1H3/t25-/m0/s1. The summed E-state index contributed by atoms with van der Waals surface area (Å²) in [5.41, 5.74) is 4.57. The Hall–Kier alpha value is -1.82. The van der Waals surface area contributed by atoms with Crippen molar-refractivity contribution in [2.24, 2.45) is 0 Å². The highest BCUT2D eigenvalue weighted by Crippen LogP contribution is 2.30. The van der Waals surface area contributed by atoms with E-state index in [1.165, 1.54) is 37.8 Å². The molecule has 1 aromatic heterocycles. The molecule has 1 aromatic carbocycles. The van der Waals surface area contributed by atoms with E-state index in [9.17, 15) is 5.11 Å². The molecule has 5 nitrogen and oxygen atoms in total. The molecule has 0 unspecified atom stereocenters. The summed E-state index contributed by atoms with van der Waals surface area (Å²) >= 11 is 0. The molecule has 0 bridgehead atoms. The molecular weight excluding hydrogens is 386 g/mol. The summed E-state index contributed by atoms with van der Waals surface area (Å²) in [7, 11) is 0. The van der Waals surface area contributed by atoms with Gasteiger partial charge in [0.25, 0.3) is 0 Å². The van der Waals surface area contributed by atoms with Crippen molar-refractivity contribution in [2.75, 3.05) is 44.2 Å². The first-order chi connectivity index (χ1) is 15.2. The van der Waals surface area contributed by atoms with Crippen molar-refractivity contribution in [3.05, 3.63) is 53.0 Å². The van der Waals surface area contributed by atoms with Crippen molar-refractivity contribution in [1.29, 1.82) is 0 Å². The highest BCUT2D eigenvalue weighted by Gasteiger charge is 2.32. The van der Waals surface area contributed by atoms with Gasteiger partial charge in [-0.1, -0.05) is 6.07 Å². The van der Waals surface area contributed by atoms with E-state index in [-0.39, 0.29) is 6.61 Å². The number of anilines is 1. The monoisotopic (exact) mass is 423 g/mol. The topological polar surface area (TPSA) is 43.1 Å². The molecule has 5 rings (SSSR count). The first kappa shape index (κ1) is 21.0. The number of rotatable bonds is 6. The zero-order valence-electron chi connectivity index (χ0n) is 18.9. The third kappa shape index (κ3) is 4.69. The molecule has 5 heteroatoms. The van der Waals surface area contributed by atoms with Gasteiger partial charge in [0.05, 0.1) is 6.54 Å². The molecule has 1 aliphatic carbocycles. The molecule has 168 valence electrons. The Morgan fingerprint density at radius 3 is 2.61 bits per heavy atom. The van der Waals surface area contributed by atoms with Crippen LogP contribution in [0.3, 0.4) is 0 Å². The molecule has 3 heterocycles. The van der Waals surface area contributed by atoms with E-state index in [2.05, 4.69) is 39.0 Å². The molecule has 3 aliphatic rings. The van der Waals surface area contributed by atoms with Gasteiger partial charge in [0.1, 0.15) is 11.5 Å². The van der Waals surface area contributed by atoms with E-state index in [0.717, 1.165) is 57.2 Å². The van der Waals surface area contributed by atoms with Crippen LogP contribution in [-0.2, 0) is 19.4 Å². The summed E-state index contributed by atoms with van der Waals surface area (Å²) in [6.45, 7) is 8.64. The Kier molecular flexibility index (Phi) is 6.35. The lowest BCUT2D eigenvalue weighted by molar-refractivity contribution is 0.0220. The molecule has 1 atom stereocenters. The van der Waals surface area contributed by atoms with Crippen LogP contribution in [0.4, 0.5) is 5.69 Å². The van der Waals surface area contributed by atoms with Crippen LogP contribution < -0.4 is 4.90 Å². The van der Waals surface area contributed by atoms with Gasteiger partial charge in [0, 0.05) is 57.1 Å². The van der Waals surface area contributed by atoms with Gasteiger partial charge in [-0.05, 0) is 80.8 Å². The van der Waals surface area contributed by atoms with Crippen LogP contribution in [-0.4, -0.2) is 66.3 Å². The van der Waals surface area contributed by atoms with E-state index in [1.807, 2.05) is 13.0 Å². The minimum absolute atomic E-state index is 0.253. The van der Waals surface area contributed by atoms with Crippen molar-refractivity contribution >= 4 is 5.69 Å². The van der Waals surface area contributed by atoms with E-state index < -0.39 is 0 Å². The minimum atomic E-state index is 0.253. The summed E-state index contributed by atoms with van der Waals surface area (Å²) in [5.74, 6) is 2.01. The predicted molar refractivity (Wildman–Crippen MR) is 125 cm³/mol. The number of piperazine rings is 1. The Bertz CT molecular complexity index is 871. The fourth-order valence-electron chi connectivity index (χ4n) is 5.89. The maximum atomic E-state index is 9.66. The highest BCUT2D eigenvalue weighted by molar-refractivity contribution is 5.52. The van der Waals surface area contributed by atoms with Gasteiger partial charge >= 0.3 is 0 Å². The van der Waals surface area contributed by atoms with Crippen molar-refractivity contribution < 1.29 is 9.52 Å². The van der Waals surface area contributed by atoms with Gasteiger partial charge in [-0.3, -0.25) is 9.80 Å². The van der Waals surface area contributed by atoms with Gasteiger partial charge in [0.2, 0.25) is 0 Å². The number of fused-ring (bicyclic) bond motifs is 1. The summed E-state index contributed by atoms with van der Waals surface area (Å²) in [6, 6.07) is 12.4. The molecule has 2 aromatic rings. The summed E-state index contributed by atoms with van der Waals surface area (Å²) in [5, 5.41) is 9.66. The SMILES string of the molecule is Cc1ccc(CN2CCN(C3CCN(c4ccc5c(c4)CCC5)CC3)C[C@@H]2CCO)o1. The Balaban J connectivity index is 1.17. The number of nitrogens with zero attached hydrogens (tertiary/aromatic N) is 3. The van der Waals surface area contributed by atoms with E-state index in [4.69, 9.17) is 4.42 Å². The van der Waals surface area contributed by atoms with Crippen LogP contribution in [0.5, 0.6) is 0 Å². The summed E-state index contributed by atoms with van der Waals surface area (Å²) in [4.78, 5) is 7.80. The lowest BCUT2D eigenvalue weighted by Crippen LogP contribution is -2.57. The van der Waals surface area contributed by atoms with Crippen LogP contribution in [0.15, 0.2) is 34.7 Å². The van der Waals surface area contributed by atoms with Crippen LogP contribution in [0.1, 0.15) is 48.3 Å². The smallest absolute Gasteiger partial charge is 0.118 e. The Morgan fingerprint density at radius 2 is 1.84 bits per heavy atom. The molecule has 0 spiro atoms. The van der Waals surface area contributed by atoms with E-state index >= 15 is 0 Å². The van der Waals surface area contributed by atoms with Crippen LogP contribution in [0, 0.1) is 6.92 Å². The van der Waals surface area contributed by atoms with Crippen molar-refractivity contribution in [1.82, 2.24) is 9.80 Å². The van der Waals surface area contributed by atoms with Gasteiger partial charge in [-0.2, -0.15) is 0 Å². The number of hydrogen-bond donors (Lipinski definition) is 1. The Labute approximate surface area is 186 Å². The Morgan fingerprint density at radius 1 is 1.00 bits per heavy atom. The number of furan rings is 1. The molecular formula is C26H37N3O2. The van der Waals surface area contributed by atoms with Gasteiger partial charge in [-0.15, -0.1) is 0 Å². The first-order valence-electron chi connectivity index (χ1n) is 12.2. The van der Waals surface area contributed by atoms with Crippen molar-refractivity contribution in [3.8, 4) is 0 Å². The third-order valence-electron chi connectivity index (χ3n) is 7.68. The molecule has 2 aliphatic heterocycles. The van der Waals surface area contributed by atoms with Gasteiger partial charge in [-0.25, -0.2) is 0 Å². The van der Waals surface area contributed by atoms with E-state index in [0.29, 0.717) is 12.1 Å². The number of aryl methyl sites for hydroxylation is 3. The summed E-state index contributed by atoms with van der Waals surface area (Å²) < 4.78 is 5.81. The second-order valence-electron chi connectivity index (χ2n) is 9.67. The number of piperidine rings is 1. The molecule has 0 amide bonds. The van der Waals surface area contributed by atoms with E-state index in [1.54, 1.807) is 11.1 Å². The minimum Gasteiger partial charge on any atom is -0.465 e. The number of aliphatic hydroxyl groups excluding tert-OH is 1. The number of aliphatic hydroxyl groups is 1. The fourth-order valence-corrected chi connectivity index (χ4v) is 5.89. The fraction of sp³-hybridized carbons (Fsp3) is 0.615. The van der Waals surface area contributed by atoms with Crippen molar-refractivity contribution in [2.45, 2.75) is 64.1 Å². The maximum Gasteiger partial charge on any atom is 0.118 e. The molecule has 1 N–H and O–H groups in total. The lowest BCUT2D eigenvalue weighted by atomic mass is 9.98. The van der Waals surface area contributed by atoms with Crippen LogP contribution >= 0.6 is 0 Å². The average Bonchev–Trinajstić information content (AvgIpc) is 3.43. The number of hydrogen-bond acceptors (Lipinski definition) is 5. The largest absolute Gasteiger partial charge is 0.465 e. The van der Waals surface area contributed by atoms with Gasteiger partial charge < -0.3 is 14.4 Å². The lowest BCUT2D eigenvalue weighted by Gasteiger charge is -2.46. The normalized spacial score (nSPS) is 23.4. The maximum absolute atomic E-state index is 9.66. The molecule has 2 fully saturated rings. The molecule has 0 radical (unpaired) electrons. The first-order valence-corrected chi connectivity index (χ1v) is 12.2. The molecule has 0 saturated carbocycles. The van der Waals surface area contributed by atoms with Gasteiger partial charge in [0.15, 0.2) is 0 Å². The second-order valence-corrected chi connectivity index (χ2v) is 9.67. The number of benzene rings is 1. The molecule has 31 heavy (non-hydrogen) atoms. The van der Waals surface area contributed by atoms with Crippen LogP contribution in [0.25, 0.3) is 0 Å². The summed E-state index contributed by atoms with van der Waals surface area (Å²) in [6.07, 6.45) is 7.15. The quantitative estimate of drug-likeness (QED) is 0.769. The average molecular weight is 424 g/mol. The third-order valence-corrected chi connectivity index (χ3v) is 7.68. The zero-order valence-corrected chi connectivity index (χ0v) is 18.9.